The molecule has 1 aliphatic heterocycles. The lowest BCUT2D eigenvalue weighted by Gasteiger charge is -2.26. The van der Waals surface area contributed by atoms with Crippen LogP contribution in [0.2, 0.25) is 0 Å². The number of carbonyl (C=O) groups is 1. The molecule has 1 amide bonds. The van der Waals surface area contributed by atoms with E-state index in [9.17, 15) is 18.0 Å². The van der Waals surface area contributed by atoms with Gasteiger partial charge in [-0.15, -0.1) is 0 Å². The van der Waals surface area contributed by atoms with Crippen molar-refractivity contribution in [3.8, 4) is 11.1 Å². The summed E-state index contributed by atoms with van der Waals surface area (Å²) in [5.41, 5.74) is 5.09. The standard InChI is InChI=1S/C22H17F3N4O/c1-29-20(30)22(28-21(29)26,16-9-14(19(24)25)11-27-12-16)15-7-8-18(23)17(10-15)13-5-3-2-4-6-13/h2-12,19H,1H3,(H2,26,28). The van der Waals surface area contributed by atoms with Gasteiger partial charge in [0.2, 0.25) is 0 Å². The largest absolute Gasteiger partial charge is 0.369 e. The first kappa shape index (κ1) is 19.6. The van der Waals surface area contributed by atoms with E-state index < -0.39 is 23.7 Å². The van der Waals surface area contributed by atoms with E-state index in [-0.39, 0.29) is 22.6 Å². The first-order chi connectivity index (χ1) is 14.3. The Morgan fingerprint density at radius 2 is 1.77 bits per heavy atom. The Hall–Kier alpha value is -3.68. The molecule has 30 heavy (non-hydrogen) atoms. The number of halogens is 3. The van der Waals surface area contributed by atoms with E-state index in [0.29, 0.717) is 11.1 Å². The van der Waals surface area contributed by atoms with Crippen molar-refractivity contribution in [3.63, 3.8) is 0 Å². The van der Waals surface area contributed by atoms with Crippen LogP contribution in [-0.4, -0.2) is 28.8 Å². The molecule has 2 heterocycles. The maximum Gasteiger partial charge on any atom is 0.266 e. The second-order valence-corrected chi connectivity index (χ2v) is 6.91. The van der Waals surface area contributed by atoms with Crippen molar-refractivity contribution in [3.05, 3.63) is 89.5 Å². The van der Waals surface area contributed by atoms with Crippen LogP contribution in [0.1, 0.15) is 23.1 Å². The minimum atomic E-state index is -2.78. The topological polar surface area (TPSA) is 71.6 Å². The fraction of sp³-hybridized carbons (Fsp3) is 0.136. The number of rotatable bonds is 4. The van der Waals surface area contributed by atoms with Crippen LogP contribution >= 0.6 is 0 Å². The predicted molar refractivity (Wildman–Crippen MR) is 106 cm³/mol. The number of hydrogen-bond acceptors (Lipinski definition) is 4. The Morgan fingerprint density at radius 1 is 1.03 bits per heavy atom. The molecule has 5 nitrogen and oxygen atoms in total. The van der Waals surface area contributed by atoms with Crippen LogP contribution in [0, 0.1) is 5.82 Å². The number of hydrogen-bond donors (Lipinski definition) is 1. The summed E-state index contributed by atoms with van der Waals surface area (Å²) in [5, 5.41) is 0. The van der Waals surface area contributed by atoms with E-state index in [1.807, 2.05) is 0 Å². The summed E-state index contributed by atoms with van der Waals surface area (Å²) in [7, 11) is 1.44. The molecule has 1 unspecified atom stereocenters. The lowest BCUT2D eigenvalue weighted by Crippen LogP contribution is -2.41. The monoisotopic (exact) mass is 410 g/mol. The van der Waals surface area contributed by atoms with E-state index in [1.54, 1.807) is 30.3 Å². The molecule has 1 aromatic heterocycles. The van der Waals surface area contributed by atoms with Gasteiger partial charge in [-0.25, -0.2) is 18.2 Å². The van der Waals surface area contributed by atoms with Gasteiger partial charge >= 0.3 is 0 Å². The number of alkyl halides is 2. The molecule has 0 radical (unpaired) electrons. The molecule has 0 saturated carbocycles. The lowest BCUT2D eigenvalue weighted by molar-refractivity contribution is -0.129. The van der Waals surface area contributed by atoms with Gasteiger partial charge in [0.25, 0.3) is 12.3 Å². The van der Waals surface area contributed by atoms with Crippen molar-refractivity contribution in [1.29, 1.82) is 0 Å². The molecule has 0 aliphatic carbocycles. The molecule has 0 saturated heterocycles. The van der Waals surface area contributed by atoms with Crippen molar-refractivity contribution < 1.29 is 18.0 Å². The third-order valence-corrected chi connectivity index (χ3v) is 5.14. The summed E-state index contributed by atoms with van der Waals surface area (Å²) in [6.45, 7) is 0. The summed E-state index contributed by atoms with van der Waals surface area (Å²) in [6, 6.07) is 14.1. The Bertz CT molecular complexity index is 1150. The van der Waals surface area contributed by atoms with Gasteiger partial charge in [-0.05, 0) is 29.3 Å². The highest BCUT2D eigenvalue weighted by atomic mass is 19.3. The number of guanidine groups is 1. The number of nitrogens with zero attached hydrogens (tertiary/aromatic N) is 3. The van der Waals surface area contributed by atoms with Crippen LogP contribution in [0.3, 0.4) is 0 Å². The Labute approximate surface area is 170 Å². The van der Waals surface area contributed by atoms with Crippen molar-refractivity contribution >= 4 is 11.9 Å². The molecule has 0 spiro atoms. The molecule has 152 valence electrons. The summed E-state index contributed by atoms with van der Waals surface area (Å²) in [6.07, 6.45) is -0.457. The second kappa shape index (κ2) is 7.29. The molecular formula is C22H17F3N4O. The Kier molecular flexibility index (Phi) is 4.77. The van der Waals surface area contributed by atoms with Gasteiger partial charge in [-0.1, -0.05) is 36.4 Å². The molecule has 1 aliphatic rings. The smallest absolute Gasteiger partial charge is 0.266 e. The lowest BCUT2D eigenvalue weighted by atomic mass is 9.82. The average molecular weight is 410 g/mol. The minimum absolute atomic E-state index is 0.0759. The van der Waals surface area contributed by atoms with Crippen molar-refractivity contribution in [1.82, 2.24) is 9.88 Å². The number of likely N-dealkylation sites (N-methyl/N-ethyl adjacent to an activating group) is 1. The van der Waals surface area contributed by atoms with Crippen LogP contribution < -0.4 is 5.73 Å². The molecule has 3 aromatic rings. The van der Waals surface area contributed by atoms with Crippen LogP contribution in [-0.2, 0) is 10.3 Å². The van der Waals surface area contributed by atoms with Gasteiger partial charge in [0.05, 0.1) is 0 Å². The third kappa shape index (κ3) is 3.01. The fourth-order valence-corrected chi connectivity index (χ4v) is 3.55. The van der Waals surface area contributed by atoms with Crippen molar-refractivity contribution in [2.75, 3.05) is 7.05 Å². The zero-order valence-corrected chi connectivity index (χ0v) is 15.9. The van der Waals surface area contributed by atoms with Crippen LogP contribution in [0.25, 0.3) is 11.1 Å². The molecular weight excluding hydrogens is 393 g/mol. The van der Waals surface area contributed by atoms with Gasteiger partial charge in [0, 0.05) is 36.1 Å². The zero-order chi connectivity index (χ0) is 21.5. The number of aromatic nitrogens is 1. The van der Waals surface area contributed by atoms with E-state index in [1.165, 1.54) is 37.5 Å². The minimum Gasteiger partial charge on any atom is -0.369 e. The number of amides is 1. The highest BCUT2D eigenvalue weighted by molar-refractivity contribution is 6.09. The van der Waals surface area contributed by atoms with E-state index in [0.717, 1.165) is 11.1 Å². The maximum atomic E-state index is 14.6. The summed E-state index contributed by atoms with van der Waals surface area (Å²) in [4.78, 5) is 22.6. The van der Waals surface area contributed by atoms with E-state index in [2.05, 4.69) is 9.98 Å². The maximum absolute atomic E-state index is 14.6. The molecule has 0 fully saturated rings. The van der Waals surface area contributed by atoms with E-state index >= 15 is 0 Å². The van der Waals surface area contributed by atoms with Crippen molar-refractivity contribution in [2.45, 2.75) is 12.0 Å². The first-order valence-electron chi connectivity index (χ1n) is 9.07. The fourth-order valence-electron chi connectivity index (χ4n) is 3.55. The second-order valence-electron chi connectivity index (χ2n) is 6.91. The molecule has 4 rings (SSSR count). The molecule has 2 N–H and O–H groups in total. The first-order valence-corrected chi connectivity index (χ1v) is 9.07. The van der Waals surface area contributed by atoms with Gasteiger partial charge in [-0.3, -0.25) is 14.7 Å². The summed E-state index contributed by atoms with van der Waals surface area (Å²) < 4.78 is 41.2. The molecule has 8 heteroatoms. The van der Waals surface area contributed by atoms with E-state index in [4.69, 9.17) is 5.73 Å². The van der Waals surface area contributed by atoms with Gasteiger partial charge < -0.3 is 5.73 Å². The highest BCUT2D eigenvalue weighted by Gasteiger charge is 2.50. The van der Waals surface area contributed by atoms with Crippen molar-refractivity contribution in [2.24, 2.45) is 10.7 Å². The molecule has 1 atom stereocenters. The SMILES string of the molecule is CN1C(=O)C(c2cncc(C(F)F)c2)(c2ccc(F)c(-c3ccccc3)c2)N=C1N. The van der Waals surface area contributed by atoms with Crippen LogP contribution in [0.4, 0.5) is 13.2 Å². The van der Waals surface area contributed by atoms with Gasteiger partial charge in [0.15, 0.2) is 11.5 Å². The van der Waals surface area contributed by atoms with Gasteiger partial charge in [0.1, 0.15) is 5.82 Å². The van der Waals surface area contributed by atoms with Crippen LogP contribution in [0.15, 0.2) is 72.0 Å². The number of pyridine rings is 1. The Balaban J connectivity index is 1.98. The summed E-state index contributed by atoms with van der Waals surface area (Å²) >= 11 is 0. The normalized spacial score (nSPS) is 18.8. The molecule has 2 aromatic carbocycles. The Morgan fingerprint density at radius 3 is 2.40 bits per heavy atom. The summed E-state index contributed by atoms with van der Waals surface area (Å²) in [5.74, 6) is -1.11. The number of benzene rings is 2. The van der Waals surface area contributed by atoms with Gasteiger partial charge in [-0.2, -0.15) is 0 Å². The number of carbonyl (C=O) groups excluding carboxylic acids is 1. The number of nitrogens with two attached hydrogens (primary N) is 1. The molecule has 0 bridgehead atoms. The van der Waals surface area contributed by atoms with Crippen LogP contribution in [0.5, 0.6) is 0 Å². The highest BCUT2D eigenvalue weighted by Crippen LogP contribution is 2.41. The predicted octanol–water partition coefficient (Wildman–Crippen LogP) is 3.86. The zero-order valence-electron chi connectivity index (χ0n) is 15.9. The third-order valence-electron chi connectivity index (χ3n) is 5.14. The number of aliphatic imine (C=N–C) groups is 1. The quantitative estimate of drug-likeness (QED) is 0.710. The average Bonchev–Trinajstić information content (AvgIpc) is 2.99.